The fraction of sp³-hybridized carbons (Fsp3) is 0.222. The smallest absolute Gasteiger partial charge is 0.241 e. The number of rotatable bonds is 5. The number of nitrogens with zero attached hydrogens (tertiary/aromatic N) is 2. The maximum absolute atomic E-state index is 12.4. The molecule has 2 rings (SSSR count). The Kier molecular flexibility index (Phi) is 5.75. The van der Waals surface area contributed by atoms with Crippen molar-refractivity contribution >= 4 is 23.2 Å². The number of likely N-dealkylation sites (N-methyl/N-ethyl adjacent to an activating group) is 1. The van der Waals surface area contributed by atoms with Gasteiger partial charge < -0.3 is 5.32 Å². The van der Waals surface area contributed by atoms with Gasteiger partial charge in [0, 0.05) is 11.6 Å². The van der Waals surface area contributed by atoms with Crippen LogP contribution >= 0.6 is 11.6 Å². The zero-order valence-electron chi connectivity index (χ0n) is 13.1. The lowest BCUT2D eigenvalue weighted by molar-refractivity contribution is -0.120. The molecule has 0 radical (unpaired) electrons. The zero-order chi connectivity index (χ0) is 16.8. The zero-order valence-corrected chi connectivity index (χ0v) is 13.8. The van der Waals surface area contributed by atoms with Gasteiger partial charge in [-0.1, -0.05) is 35.9 Å². The Labute approximate surface area is 141 Å². The highest BCUT2D eigenvalue weighted by molar-refractivity contribution is 6.30. The van der Waals surface area contributed by atoms with E-state index in [1.165, 1.54) is 0 Å². The molecular formula is C18H18ClN3O. The van der Waals surface area contributed by atoms with Crippen LogP contribution in [0.25, 0.3) is 0 Å². The molecule has 0 bridgehead atoms. The Balaban J connectivity index is 2.01. The molecule has 1 N–H and O–H groups in total. The van der Waals surface area contributed by atoms with Gasteiger partial charge in [-0.2, -0.15) is 5.26 Å². The van der Waals surface area contributed by atoms with Gasteiger partial charge in [0.2, 0.25) is 5.91 Å². The molecule has 0 aliphatic carbocycles. The molecule has 0 aliphatic rings. The third-order valence-corrected chi connectivity index (χ3v) is 3.94. The quantitative estimate of drug-likeness (QED) is 0.911. The summed E-state index contributed by atoms with van der Waals surface area (Å²) in [4.78, 5) is 14.3. The van der Waals surface area contributed by atoms with Crippen LogP contribution in [0.4, 0.5) is 5.69 Å². The maximum atomic E-state index is 12.4. The fourth-order valence-electron chi connectivity index (χ4n) is 2.14. The Hall–Kier alpha value is -2.35. The minimum atomic E-state index is -0.336. The van der Waals surface area contributed by atoms with Crippen molar-refractivity contribution in [3.63, 3.8) is 0 Å². The fourth-order valence-corrected chi connectivity index (χ4v) is 2.27. The summed E-state index contributed by atoms with van der Waals surface area (Å²) in [5, 5.41) is 12.6. The molecule has 5 heteroatoms. The normalized spacial score (nSPS) is 11.8. The van der Waals surface area contributed by atoms with Crippen LogP contribution in [0, 0.1) is 11.3 Å². The Morgan fingerprint density at radius 2 is 1.91 bits per heavy atom. The van der Waals surface area contributed by atoms with Crippen molar-refractivity contribution in [3.05, 3.63) is 64.7 Å². The van der Waals surface area contributed by atoms with E-state index in [-0.39, 0.29) is 11.9 Å². The minimum absolute atomic E-state index is 0.149. The summed E-state index contributed by atoms with van der Waals surface area (Å²) in [5.74, 6) is -0.149. The first kappa shape index (κ1) is 17.0. The largest absolute Gasteiger partial charge is 0.324 e. The summed E-state index contributed by atoms with van der Waals surface area (Å²) in [5.41, 5.74) is 2.06. The highest BCUT2D eigenvalue weighted by atomic mass is 35.5. The molecule has 1 amide bonds. The molecule has 0 saturated heterocycles. The van der Waals surface area contributed by atoms with E-state index < -0.39 is 0 Å². The van der Waals surface area contributed by atoms with Crippen LogP contribution in [0.3, 0.4) is 0 Å². The second-order valence-corrected chi connectivity index (χ2v) is 5.80. The molecule has 2 aromatic rings. The van der Waals surface area contributed by atoms with Crippen LogP contribution in [0.1, 0.15) is 18.1 Å². The Morgan fingerprint density at radius 1 is 1.26 bits per heavy atom. The van der Waals surface area contributed by atoms with Gasteiger partial charge in [0.25, 0.3) is 0 Å². The molecule has 2 aromatic carbocycles. The second kappa shape index (κ2) is 7.77. The summed E-state index contributed by atoms with van der Waals surface area (Å²) < 4.78 is 0. The average molecular weight is 328 g/mol. The van der Waals surface area contributed by atoms with Crippen molar-refractivity contribution in [2.75, 3.05) is 12.4 Å². The lowest BCUT2D eigenvalue weighted by Crippen LogP contribution is -2.39. The van der Waals surface area contributed by atoms with Crippen molar-refractivity contribution < 1.29 is 4.79 Å². The number of nitrogens with one attached hydrogen (secondary N) is 1. The van der Waals surface area contributed by atoms with E-state index in [1.54, 1.807) is 24.3 Å². The molecule has 0 saturated carbocycles. The standard InChI is InChI=1S/C18H18ClN3O/c1-13(22(2)12-14-7-9-16(19)10-8-14)18(23)21-17-6-4-3-5-15(17)11-20/h3-10,13H,12H2,1-2H3,(H,21,23). The van der Waals surface area contributed by atoms with Crippen LogP contribution in [0.2, 0.25) is 5.02 Å². The lowest BCUT2D eigenvalue weighted by atomic mass is 10.1. The van der Waals surface area contributed by atoms with E-state index in [0.717, 1.165) is 5.56 Å². The third-order valence-electron chi connectivity index (χ3n) is 3.69. The summed E-state index contributed by atoms with van der Waals surface area (Å²) >= 11 is 5.88. The van der Waals surface area contributed by atoms with E-state index in [9.17, 15) is 4.79 Å². The molecular weight excluding hydrogens is 310 g/mol. The number of hydrogen-bond donors (Lipinski definition) is 1. The first-order valence-corrected chi connectivity index (χ1v) is 7.63. The average Bonchev–Trinajstić information content (AvgIpc) is 2.56. The summed E-state index contributed by atoms with van der Waals surface area (Å²) in [7, 11) is 1.88. The molecule has 1 atom stereocenters. The number of carbonyl (C=O) groups excluding carboxylic acids is 1. The molecule has 4 nitrogen and oxygen atoms in total. The molecule has 1 unspecified atom stereocenters. The molecule has 0 heterocycles. The third kappa shape index (κ3) is 4.56. The molecule has 0 aromatic heterocycles. The van der Waals surface area contributed by atoms with E-state index in [2.05, 4.69) is 11.4 Å². The number of nitriles is 1. The van der Waals surface area contributed by atoms with Crippen LogP contribution in [-0.4, -0.2) is 23.9 Å². The number of carbonyl (C=O) groups is 1. The van der Waals surface area contributed by atoms with Gasteiger partial charge in [0.15, 0.2) is 0 Å². The first-order chi connectivity index (χ1) is 11.0. The van der Waals surface area contributed by atoms with Crippen LogP contribution in [-0.2, 0) is 11.3 Å². The summed E-state index contributed by atoms with van der Waals surface area (Å²) in [6, 6.07) is 16.2. The van der Waals surface area contributed by atoms with Gasteiger partial charge in [-0.3, -0.25) is 9.69 Å². The van der Waals surface area contributed by atoms with Crippen molar-refractivity contribution in [1.82, 2.24) is 4.90 Å². The first-order valence-electron chi connectivity index (χ1n) is 7.26. The van der Waals surface area contributed by atoms with Crippen molar-refractivity contribution in [1.29, 1.82) is 5.26 Å². The van der Waals surface area contributed by atoms with Crippen molar-refractivity contribution in [3.8, 4) is 6.07 Å². The summed E-state index contributed by atoms with van der Waals surface area (Å²) in [6.07, 6.45) is 0. The molecule has 0 fully saturated rings. The van der Waals surface area contributed by atoms with E-state index in [0.29, 0.717) is 22.8 Å². The topological polar surface area (TPSA) is 56.1 Å². The summed E-state index contributed by atoms with van der Waals surface area (Å²) in [6.45, 7) is 2.46. The van der Waals surface area contributed by atoms with Gasteiger partial charge in [-0.05, 0) is 43.8 Å². The number of benzene rings is 2. The van der Waals surface area contributed by atoms with Gasteiger partial charge in [0.1, 0.15) is 6.07 Å². The van der Waals surface area contributed by atoms with Crippen molar-refractivity contribution in [2.45, 2.75) is 19.5 Å². The van der Waals surface area contributed by atoms with E-state index in [4.69, 9.17) is 16.9 Å². The Morgan fingerprint density at radius 3 is 2.57 bits per heavy atom. The number of anilines is 1. The van der Waals surface area contributed by atoms with E-state index in [1.807, 2.05) is 43.1 Å². The highest BCUT2D eigenvalue weighted by Crippen LogP contribution is 2.16. The van der Waals surface area contributed by atoms with Crippen LogP contribution in [0.5, 0.6) is 0 Å². The van der Waals surface area contributed by atoms with Gasteiger partial charge in [-0.15, -0.1) is 0 Å². The van der Waals surface area contributed by atoms with Crippen LogP contribution in [0.15, 0.2) is 48.5 Å². The monoisotopic (exact) mass is 327 g/mol. The molecule has 118 valence electrons. The molecule has 23 heavy (non-hydrogen) atoms. The predicted molar refractivity (Wildman–Crippen MR) is 92.2 cm³/mol. The van der Waals surface area contributed by atoms with Gasteiger partial charge in [-0.25, -0.2) is 0 Å². The SMILES string of the molecule is CC(C(=O)Nc1ccccc1C#N)N(C)Cc1ccc(Cl)cc1. The number of hydrogen-bond acceptors (Lipinski definition) is 3. The van der Waals surface area contributed by atoms with Crippen molar-refractivity contribution in [2.24, 2.45) is 0 Å². The van der Waals surface area contributed by atoms with Gasteiger partial charge >= 0.3 is 0 Å². The second-order valence-electron chi connectivity index (χ2n) is 5.36. The maximum Gasteiger partial charge on any atom is 0.241 e. The van der Waals surface area contributed by atoms with E-state index >= 15 is 0 Å². The minimum Gasteiger partial charge on any atom is -0.324 e. The molecule has 0 spiro atoms. The number of para-hydroxylation sites is 1. The van der Waals surface area contributed by atoms with Gasteiger partial charge in [0.05, 0.1) is 17.3 Å². The Bertz CT molecular complexity index is 722. The highest BCUT2D eigenvalue weighted by Gasteiger charge is 2.19. The lowest BCUT2D eigenvalue weighted by Gasteiger charge is -2.24. The van der Waals surface area contributed by atoms with Crippen LogP contribution < -0.4 is 5.32 Å². The predicted octanol–water partition coefficient (Wildman–Crippen LogP) is 3.67. The number of amides is 1. The molecule has 0 aliphatic heterocycles. The number of halogens is 1.